The van der Waals surface area contributed by atoms with Gasteiger partial charge in [0.1, 0.15) is 5.75 Å². The second-order valence-corrected chi connectivity index (χ2v) is 7.60. The summed E-state index contributed by atoms with van der Waals surface area (Å²) in [5.74, 6) is 0.707. The minimum atomic E-state index is -3.41. The lowest BCUT2D eigenvalue weighted by Crippen LogP contribution is -2.50. The number of sulfonamides is 1. The zero-order chi connectivity index (χ0) is 15.6. The van der Waals surface area contributed by atoms with Crippen molar-refractivity contribution in [3.8, 4) is 5.75 Å². The summed E-state index contributed by atoms with van der Waals surface area (Å²) in [4.78, 5) is 2.64. The highest BCUT2D eigenvalue weighted by molar-refractivity contribution is 7.89. The van der Waals surface area contributed by atoms with Crippen molar-refractivity contribution >= 4 is 10.0 Å². The fraction of sp³-hybridized carbons (Fsp3) is 0.600. The van der Waals surface area contributed by atoms with Gasteiger partial charge < -0.3 is 4.74 Å². The third-order valence-corrected chi connectivity index (χ3v) is 5.90. The monoisotopic (exact) mass is 312 g/mol. The zero-order valence-electron chi connectivity index (χ0n) is 13.2. The molecule has 6 heteroatoms. The first-order chi connectivity index (χ1) is 9.86. The lowest BCUT2D eigenvalue weighted by molar-refractivity contribution is 0.154. The number of aryl methyl sites for hydroxylation is 1. The van der Waals surface area contributed by atoms with E-state index in [4.69, 9.17) is 4.74 Å². The second-order valence-electron chi connectivity index (χ2n) is 5.67. The number of methoxy groups -OCH3 is 1. The van der Waals surface area contributed by atoms with Crippen LogP contribution in [0.4, 0.5) is 0 Å². The lowest BCUT2D eigenvalue weighted by atomic mass is 10.2. The van der Waals surface area contributed by atoms with Crippen LogP contribution in [-0.4, -0.2) is 57.0 Å². The van der Waals surface area contributed by atoms with Crippen LogP contribution >= 0.6 is 0 Å². The molecule has 0 spiro atoms. The first kappa shape index (κ1) is 16.3. The molecule has 0 N–H and O–H groups in total. The predicted molar refractivity (Wildman–Crippen MR) is 83.2 cm³/mol. The summed E-state index contributed by atoms with van der Waals surface area (Å²) < 4.78 is 32.1. The van der Waals surface area contributed by atoms with Gasteiger partial charge in [-0.1, -0.05) is 0 Å². The zero-order valence-corrected chi connectivity index (χ0v) is 14.0. The maximum absolute atomic E-state index is 12.7. The number of rotatable bonds is 4. The molecule has 1 aromatic carbocycles. The van der Waals surface area contributed by atoms with Crippen LogP contribution in [0.1, 0.15) is 19.4 Å². The molecule has 0 saturated carbocycles. The van der Waals surface area contributed by atoms with Gasteiger partial charge in [-0.3, -0.25) is 4.90 Å². The number of piperazine rings is 1. The maximum atomic E-state index is 12.7. The van der Waals surface area contributed by atoms with E-state index in [0.717, 1.165) is 18.7 Å². The normalized spacial score (nSPS) is 18.1. The molecule has 1 saturated heterocycles. The van der Waals surface area contributed by atoms with Crippen molar-refractivity contribution in [3.63, 3.8) is 0 Å². The van der Waals surface area contributed by atoms with Gasteiger partial charge in [-0.05, 0) is 44.5 Å². The number of benzene rings is 1. The Morgan fingerprint density at radius 3 is 2.24 bits per heavy atom. The number of ether oxygens (including phenoxy) is 1. The van der Waals surface area contributed by atoms with Gasteiger partial charge in [-0.15, -0.1) is 0 Å². The van der Waals surface area contributed by atoms with Crippen LogP contribution in [0.25, 0.3) is 0 Å². The van der Waals surface area contributed by atoms with Gasteiger partial charge in [0.15, 0.2) is 0 Å². The van der Waals surface area contributed by atoms with Crippen LogP contribution in [0.15, 0.2) is 23.1 Å². The van der Waals surface area contributed by atoms with Crippen molar-refractivity contribution in [1.82, 2.24) is 9.21 Å². The topological polar surface area (TPSA) is 49.9 Å². The summed E-state index contributed by atoms with van der Waals surface area (Å²) in [7, 11) is -1.82. The van der Waals surface area contributed by atoms with Crippen molar-refractivity contribution in [1.29, 1.82) is 0 Å². The summed E-state index contributed by atoms with van der Waals surface area (Å²) in [6.07, 6.45) is 0. The standard InChI is InChI=1S/C15H24N2O3S/c1-12(2)16-7-9-17(10-8-16)21(18,19)14-5-6-15(20-4)13(3)11-14/h5-6,11-12H,7-10H2,1-4H3. The highest BCUT2D eigenvalue weighted by Crippen LogP contribution is 2.24. The molecule has 118 valence electrons. The fourth-order valence-electron chi connectivity index (χ4n) is 2.62. The van der Waals surface area contributed by atoms with Crippen LogP contribution in [0.5, 0.6) is 5.75 Å². The largest absolute Gasteiger partial charge is 0.496 e. The number of hydrogen-bond acceptors (Lipinski definition) is 4. The summed E-state index contributed by atoms with van der Waals surface area (Å²) in [6.45, 7) is 8.79. The molecule has 21 heavy (non-hydrogen) atoms. The van der Waals surface area contributed by atoms with Gasteiger partial charge >= 0.3 is 0 Å². The van der Waals surface area contributed by atoms with E-state index >= 15 is 0 Å². The predicted octanol–water partition coefficient (Wildman–Crippen LogP) is 1.72. The Hall–Kier alpha value is -1.11. The molecular formula is C15H24N2O3S. The Morgan fingerprint density at radius 1 is 1.14 bits per heavy atom. The molecule has 0 unspecified atom stereocenters. The molecule has 1 heterocycles. The van der Waals surface area contributed by atoms with Gasteiger partial charge in [-0.25, -0.2) is 8.42 Å². The van der Waals surface area contributed by atoms with Gasteiger partial charge in [0.2, 0.25) is 10.0 Å². The molecule has 1 aliphatic heterocycles. The average molecular weight is 312 g/mol. The highest BCUT2D eigenvalue weighted by Gasteiger charge is 2.29. The molecular weight excluding hydrogens is 288 g/mol. The Labute approximate surface area is 127 Å². The molecule has 0 radical (unpaired) electrons. The molecule has 0 aliphatic carbocycles. The van der Waals surface area contributed by atoms with Crippen LogP contribution in [-0.2, 0) is 10.0 Å². The van der Waals surface area contributed by atoms with E-state index in [9.17, 15) is 8.42 Å². The third-order valence-electron chi connectivity index (χ3n) is 4.01. The maximum Gasteiger partial charge on any atom is 0.243 e. The van der Waals surface area contributed by atoms with E-state index in [1.165, 1.54) is 0 Å². The van der Waals surface area contributed by atoms with Crippen molar-refractivity contribution < 1.29 is 13.2 Å². The van der Waals surface area contributed by atoms with Gasteiger partial charge in [0.25, 0.3) is 0 Å². The van der Waals surface area contributed by atoms with Crippen molar-refractivity contribution in [2.24, 2.45) is 0 Å². The Bertz CT molecular complexity index is 591. The molecule has 1 aliphatic rings. The van der Waals surface area contributed by atoms with Crippen molar-refractivity contribution in [3.05, 3.63) is 23.8 Å². The number of hydrogen-bond donors (Lipinski definition) is 0. The molecule has 0 bridgehead atoms. The van der Waals surface area contributed by atoms with Crippen LogP contribution < -0.4 is 4.74 Å². The molecule has 1 fully saturated rings. The van der Waals surface area contributed by atoms with Crippen LogP contribution in [0.3, 0.4) is 0 Å². The van der Waals surface area contributed by atoms with E-state index in [0.29, 0.717) is 29.8 Å². The second kappa shape index (κ2) is 6.34. The lowest BCUT2D eigenvalue weighted by Gasteiger charge is -2.36. The molecule has 0 aromatic heterocycles. The van der Waals surface area contributed by atoms with E-state index < -0.39 is 10.0 Å². The molecule has 0 atom stereocenters. The van der Waals surface area contributed by atoms with Gasteiger partial charge in [0.05, 0.1) is 12.0 Å². The Morgan fingerprint density at radius 2 is 1.76 bits per heavy atom. The Kier molecular flexibility index (Phi) is 4.91. The molecule has 1 aromatic rings. The minimum Gasteiger partial charge on any atom is -0.496 e. The molecule has 5 nitrogen and oxygen atoms in total. The summed E-state index contributed by atoms with van der Waals surface area (Å²) >= 11 is 0. The fourth-order valence-corrected chi connectivity index (χ4v) is 4.13. The van der Waals surface area contributed by atoms with Gasteiger partial charge in [-0.2, -0.15) is 4.31 Å². The SMILES string of the molecule is COc1ccc(S(=O)(=O)N2CCN(C(C)C)CC2)cc1C. The quantitative estimate of drug-likeness (QED) is 0.849. The van der Waals surface area contributed by atoms with E-state index in [-0.39, 0.29) is 0 Å². The number of nitrogens with zero attached hydrogens (tertiary/aromatic N) is 2. The Balaban J connectivity index is 2.17. The molecule has 0 amide bonds. The molecule has 2 rings (SSSR count). The van der Waals surface area contributed by atoms with E-state index in [2.05, 4.69) is 18.7 Å². The minimum absolute atomic E-state index is 0.346. The first-order valence-corrected chi connectivity index (χ1v) is 8.69. The highest BCUT2D eigenvalue weighted by atomic mass is 32.2. The van der Waals surface area contributed by atoms with Crippen molar-refractivity contribution in [2.75, 3.05) is 33.3 Å². The first-order valence-electron chi connectivity index (χ1n) is 7.25. The van der Waals surface area contributed by atoms with Gasteiger partial charge in [0, 0.05) is 32.2 Å². The summed E-state index contributed by atoms with van der Waals surface area (Å²) in [5.41, 5.74) is 0.833. The van der Waals surface area contributed by atoms with E-state index in [1.807, 2.05) is 6.92 Å². The summed E-state index contributed by atoms with van der Waals surface area (Å²) in [6, 6.07) is 5.48. The average Bonchev–Trinajstić information content (AvgIpc) is 2.47. The van der Waals surface area contributed by atoms with Crippen LogP contribution in [0, 0.1) is 6.92 Å². The summed E-state index contributed by atoms with van der Waals surface area (Å²) in [5, 5.41) is 0. The van der Waals surface area contributed by atoms with E-state index in [1.54, 1.807) is 29.6 Å². The smallest absolute Gasteiger partial charge is 0.243 e. The third kappa shape index (κ3) is 3.39. The van der Waals surface area contributed by atoms with Crippen molar-refractivity contribution in [2.45, 2.75) is 31.7 Å². The van der Waals surface area contributed by atoms with Crippen LogP contribution in [0.2, 0.25) is 0 Å².